The predicted molar refractivity (Wildman–Crippen MR) is 151 cm³/mol. The highest BCUT2D eigenvalue weighted by Crippen LogP contribution is 2.71. The molecule has 1 heterocycles. The average molecular weight is 563 g/mol. The summed E-state index contributed by atoms with van der Waals surface area (Å²) >= 11 is 0. The van der Waals surface area contributed by atoms with Gasteiger partial charge in [0, 0.05) is 17.8 Å². The third-order valence-corrected chi connectivity index (χ3v) is 12.6. The number of rotatable bonds is 7. The van der Waals surface area contributed by atoms with E-state index in [9.17, 15) is 19.8 Å². The van der Waals surface area contributed by atoms with Crippen molar-refractivity contribution >= 4 is 11.9 Å². The molecule has 2 bridgehead atoms. The van der Waals surface area contributed by atoms with Crippen LogP contribution >= 0.6 is 0 Å². The number of hydrogen-bond donors (Lipinski definition) is 2. The number of aliphatic hydroxyl groups excluding tert-OH is 1. The highest BCUT2D eigenvalue weighted by atomic mass is 16.7. The SMILES string of the molecule is CCC1OC(OC2CC(C(=O)O)C3CCC45CC(CCC4C3(C)C2)C(C)C5O)C(OC(=O)CC(C)C)[C@H](C)C1C. The highest BCUT2D eigenvalue weighted by molar-refractivity contribution is 5.71. The molecule has 5 fully saturated rings. The number of carboxylic acid groups (broad SMARTS) is 1. The molecule has 1 saturated heterocycles. The van der Waals surface area contributed by atoms with Gasteiger partial charge in [-0.05, 0) is 92.3 Å². The van der Waals surface area contributed by atoms with E-state index in [1.165, 1.54) is 0 Å². The van der Waals surface area contributed by atoms with Crippen LogP contribution in [0.1, 0.15) is 106 Å². The van der Waals surface area contributed by atoms with Crippen LogP contribution in [0.2, 0.25) is 0 Å². The fraction of sp³-hybridized carbons (Fsp3) is 0.939. The molecular weight excluding hydrogens is 508 g/mol. The van der Waals surface area contributed by atoms with Crippen LogP contribution in [0.15, 0.2) is 0 Å². The van der Waals surface area contributed by atoms with Gasteiger partial charge in [0.05, 0.1) is 24.2 Å². The first-order chi connectivity index (χ1) is 18.8. The molecule has 14 atom stereocenters. The van der Waals surface area contributed by atoms with Crippen molar-refractivity contribution < 1.29 is 34.0 Å². The Labute approximate surface area is 241 Å². The normalized spacial score (nSPS) is 50.2. The van der Waals surface area contributed by atoms with E-state index in [2.05, 4.69) is 34.6 Å². The number of carboxylic acids is 1. The molecule has 4 saturated carbocycles. The number of carbonyl (C=O) groups excluding carboxylic acids is 1. The molecule has 13 unspecified atom stereocenters. The Morgan fingerprint density at radius 1 is 1.05 bits per heavy atom. The third-order valence-electron chi connectivity index (χ3n) is 12.6. The Bertz CT molecular complexity index is 951. The summed E-state index contributed by atoms with van der Waals surface area (Å²) in [4.78, 5) is 25.5. The van der Waals surface area contributed by atoms with Gasteiger partial charge >= 0.3 is 11.9 Å². The maximum Gasteiger partial charge on any atom is 0.306 e. The van der Waals surface area contributed by atoms with Gasteiger partial charge in [0.25, 0.3) is 0 Å². The zero-order valence-electron chi connectivity index (χ0n) is 25.8. The van der Waals surface area contributed by atoms with Gasteiger partial charge < -0.3 is 24.4 Å². The summed E-state index contributed by atoms with van der Waals surface area (Å²) in [5.74, 6) is 0.248. The van der Waals surface area contributed by atoms with Crippen LogP contribution in [0, 0.1) is 58.2 Å². The summed E-state index contributed by atoms with van der Waals surface area (Å²) in [6.45, 7) is 14.9. The molecule has 7 heteroatoms. The molecule has 7 nitrogen and oxygen atoms in total. The van der Waals surface area contributed by atoms with Crippen LogP contribution in [0.4, 0.5) is 0 Å². The third kappa shape index (κ3) is 4.94. The molecule has 2 N–H and O–H groups in total. The smallest absolute Gasteiger partial charge is 0.306 e. The van der Waals surface area contributed by atoms with Crippen molar-refractivity contribution in [1.29, 1.82) is 0 Å². The highest BCUT2D eigenvalue weighted by Gasteiger charge is 2.67. The van der Waals surface area contributed by atoms with Crippen LogP contribution in [-0.4, -0.2) is 52.9 Å². The quantitative estimate of drug-likeness (QED) is 0.287. The largest absolute Gasteiger partial charge is 0.481 e. The van der Waals surface area contributed by atoms with Crippen molar-refractivity contribution in [2.45, 2.75) is 137 Å². The van der Waals surface area contributed by atoms with E-state index in [0.29, 0.717) is 24.7 Å². The molecule has 0 amide bonds. The van der Waals surface area contributed by atoms with Crippen molar-refractivity contribution in [2.24, 2.45) is 58.2 Å². The molecular formula is C33H54O7. The van der Waals surface area contributed by atoms with Gasteiger partial charge in [-0.15, -0.1) is 0 Å². The number of ether oxygens (including phenoxy) is 3. The maximum atomic E-state index is 12.8. The zero-order chi connectivity index (χ0) is 29.1. The minimum absolute atomic E-state index is 0.00871. The van der Waals surface area contributed by atoms with Crippen molar-refractivity contribution in [1.82, 2.24) is 0 Å². The molecule has 0 radical (unpaired) electrons. The second-order valence-corrected chi connectivity index (χ2v) is 15.1. The Hall–Kier alpha value is -1.18. The Morgan fingerprint density at radius 3 is 2.42 bits per heavy atom. The topological polar surface area (TPSA) is 102 Å². The molecule has 1 aliphatic heterocycles. The molecule has 1 spiro atoms. The molecule has 40 heavy (non-hydrogen) atoms. The van der Waals surface area contributed by atoms with E-state index in [4.69, 9.17) is 14.2 Å². The first kappa shape index (κ1) is 30.3. The molecule has 0 aromatic rings. The monoisotopic (exact) mass is 562 g/mol. The lowest BCUT2D eigenvalue weighted by Crippen LogP contribution is -2.60. The van der Waals surface area contributed by atoms with E-state index in [1.54, 1.807) is 0 Å². The number of fused-ring (bicyclic) bond motifs is 3. The summed E-state index contributed by atoms with van der Waals surface area (Å²) in [5, 5.41) is 22.0. The van der Waals surface area contributed by atoms with Gasteiger partial charge in [0.2, 0.25) is 0 Å². The van der Waals surface area contributed by atoms with Crippen molar-refractivity contribution in [3.63, 3.8) is 0 Å². The van der Waals surface area contributed by atoms with Gasteiger partial charge in [0.1, 0.15) is 0 Å². The fourth-order valence-corrected chi connectivity index (χ4v) is 10.5. The maximum absolute atomic E-state index is 12.8. The van der Waals surface area contributed by atoms with E-state index in [1.807, 2.05) is 13.8 Å². The molecule has 228 valence electrons. The fourth-order valence-electron chi connectivity index (χ4n) is 10.5. The van der Waals surface area contributed by atoms with Gasteiger partial charge in [-0.3, -0.25) is 9.59 Å². The number of esters is 1. The minimum Gasteiger partial charge on any atom is -0.481 e. The zero-order valence-corrected chi connectivity index (χ0v) is 25.8. The van der Waals surface area contributed by atoms with Gasteiger partial charge in [-0.2, -0.15) is 0 Å². The van der Waals surface area contributed by atoms with Crippen LogP contribution < -0.4 is 0 Å². The second-order valence-electron chi connectivity index (χ2n) is 15.1. The minimum atomic E-state index is -0.743. The van der Waals surface area contributed by atoms with Gasteiger partial charge in [-0.1, -0.05) is 48.5 Å². The van der Waals surface area contributed by atoms with Gasteiger partial charge in [0.15, 0.2) is 12.4 Å². The average Bonchev–Trinajstić information content (AvgIpc) is 3.06. The van der Waals surface area contributed by atoms with Crippen molar-refractivity contribution in [3.8, 4) is 0 Å². The lowest BCUT2D eigenvalue weighted by Gasteiger charge is -2.62. The number of aliphatic hydroxyl groups is 1. The first-order valence-corrected chi connectivity index (χ1v) is 16.2. The summed E-state index contributed by atoms with van der Waals surface area (Å²) in [6.07, 6.45) is 5.55. The molecule has 5 aliphatic rings. The van der Waals surface area contributed by atoms with E-state index < -0.39 is 24.3 Å². The summed E-state index contributed by atoms with van der Waals surface area (Å²) in [6, 6.07) is 0. The Balaban J connectivity index is 1.42. The van der Waals surface area contributed by atoms with Crippen molar-refractivity contribution in [3.05, 3.63) is 0 Å². The number of hydrogen-bond acceptors (Lipinski definition) is 6. The second kappa shape index (κ2) is 11.1. The van der Waals surface area contributed by atoms with Crippen LogP contribution in [0.25, 0.3) is 0 Å². The van der Waals surface area contributed by atoms with E-state index in [0.717, 1.165) is 44.9 Å². The summed E-state index contributed by atoms with van der Waals surface area (Å²) in [7, 11) is 0. The Morgan fingerprint density at radius 2 is 1.77 bits per heavy atom. The van der Waals surface area contributed by atoms with E-state index in [-0.39, 0.29) is 64.7 Å². The summed E-state index contributed by atoms with van der Waals surface area (Å²) in [5.41, 5.74) is -0.339. The Kier molecular flexibility index (Phi) is 8.44. The molecule has 4 aliphatic carbocycles. The van der Waals surface area contributed by atoms with Crippen LogP contribution in [0.3, 0.4) is 0 Å². The van der Waals surface area contributed by atoms with E-state index >= 15 is 0 Å². The lowest BCUT2D eigenvalue weighted by molar-refractivity contribution is -0.300. The van der Waals surface area contributed by atoms with Crippen LogP contribution in [-0.2, 0) is 23.8 Å². The number of carbonyl (C=O) groups is 2. The standard InChI is InChI=1S/C33H54O7/c1-8-25-18(4)19(5)28(40-27(34)13-17(2)3)31(39-25)38-22-14-23(30(36)37)24-11-12-33-15-21(20(6)29(33)35)9-10-26(33)32(24,7)16-22/h17-26,28-29,31,35H,8-16H2,1-7H3,(H,36,37)/t18?,19-,20?,21?,22?,23?,24?,25?,26?,28?,29?,31?,32?,33?/m1/s1. The molecule has 5 rings (SSSR count). The summed E-state index contributed by atoms with van der Waals surface area (Å²) < 4.78 is 19.3. The van der Waals surface area contributed by atoms with Gasteiger partial charge in [-0.25, -0.2) is 0 Å². The van der Waals surface area contributed by atoms with Crippen LogP contribution in [0.5, 0.6) is 0 Å². The lowest BCUT2D eigenvalue weighted by atomic mass is 9.43. The van der Waals surface area contributed by atoms with Crippen molar-refractivity contribution in [2.75, 3.05) is 0 Å². The molecule has 0 aromatic carbocycles. The number of aliphatic carboxylic acids is 1. The molecule has 0 aromatic heterocycles. The first-order valence-electron chi connectivity index (χ1n) is 16.2. The predicted octanol–water partition coefficient (Wildman–Crippen LogP) is 6.06.